The van der Waals surface area contributed by atoms with Crippen LogP contribution in [0.3, 0.4) is 0 Å². The molecule has 1 saturated heterocycles. The van der Waals surface area contributed by atoms with Crippen LogP contribution in [0.5, 0.6) is 5.75 Å². The van der Waals surface area contributed by atoms with E-state index >= 15 is 0 Å². The highest BCUT2D eigenvalue weighted by atomic mass is 79.9. The topological polar surface area (TPSA) is 30.5 Å². The van der Waals surface area contributed by atoms with Crippen LogP contribution in [0.15, 0.2) is 28.7 Å². The zero-order valence-electron chi connectivity index (χ0n) is 10.7. The van der Waals surface area contributed by atoms with Gasteiger partial charge in [0.1, 0.15) is 12.4 Å². The molecule has 0 bridgehead atoms. The molecule has 1 N–H and O–H groups in total. The number of piperidine rings is 1. The fraction of sp³-hybridized carbons (Fsp3) is 0.571. The fourth-order valence-electron chi connectivity index (χ4n) is 2.10. The van der Waals surface area contributed by atoms with Crippen LogP contribution in [-0.4, -0.2) is 32.4 Å². The summed E-state index contributed by atoms with van der Waals surface area (Å²) in [5.74, 6) is 1.51. The Morgan fingerprint density at radius 2 is 2.28 bits per heavy atom. The minimum Gasteiger partial charge on any atom is -0.491 e. The van der Waals surface area contributed by atoms with Gasteiger partial charge in [-0.2, -0.15) is 0 Å². The van der Waals surface area contributed by atoms with Crippen molar-refractivity contribution in [3.05, 3.63) is 28.7 Å². The van der Waals surface area contributed by atoms with Crippen LogP contribution in [0.4, 0.5) is 0 Å². The van der Waals surface area contributed by atoms with E-state index in [9.17, 15) is 0 Å². The van der Waals surface area contributed by atoms with Gasteiger partial charge < -0.3 is 14.8 Å². The Labute approximate surface area is 117 Å². The summed E-state index contributed by atoms with van der Waals surface area (Å²) in [4.78, 5) is 0. The molecule has 1 heterocycles. The first-order valence-corrected chi connectivity index (χ1v) is 7.25. The minimum atomic E-state index is 0.324. The van der Waals surface area contributed by atoms with Gasteiger partial charge in [-0.3, -0.25) is 0 Å². The van der Waals surface area contributed by atoms with E-state index < -0.39 is 0 Å². The zero-order valence-corrected chi connectivity index (χ0v) is 12.3. The van der Waals surface area contributed by atoms with E-state index in [1.165, 1.54) is 6.42 Å². The second kappa shape index (κ2) is 7.12. The monoisotopic (exact) mass is 313 g/mol. The molecule has 4 heteroatoms. The normalized spacial score (nSPS) is 23.9. The summed E-state index contributed by atoms with van der Waals surface area (Å²) in [7, 11) is 0. The molecule has 2 rings (SSSR count). The van der Waals surface area contributed by atoms with Crippen molar-refractivity contribution in [1.29, 1.82) is 0 Å². The van der Waals surface area contributed by atoms with Crippen LogP contribution in [0.2, 0.25) is 0 Å². The van der Waals surface area contributed by atoms with Gasteiger partial charge in [-0.25, -0.2) is 0 Å². The summed E-state index contributed by atoms with van der Waals surface area (Å²) in [6.07, 6.45) is 1.52. The van der Waals surface area contributed by atoms with E-state index in [1.807, 2.05) is 24.3 Å². The molecule has 18 heavy (non-hydrogen) atoms. The number of hydrogen-bond donors (Lipinski definition) is 1. The number of halogens is 1. The third-order valence-electron chi connectivity index (χ3n) is 3.24. The van der Waals surface area contributed by atoms with Crippen molar-refractivity contribution in [2.45, 2.75) is 19.4 Å². The van der Waals surface area contributed by atoms with Crippen LogP contribution in [-0.2, 0) is 4.74 Å². The molecular formula is C14H20BrNO2. The van der Waals surface area contributed by atoms with Crippen LogP contribution < -0.4 is 10.1 Å². The summed E-state index contributed by atoms with van der Waals surface area (Å²) in [5, 5.41) is 3.36. The second-order valence-electron chi connectivity index (χ2n) is 4.69. The van der Waals surface area contributed by atoms with Gasteiger partial charge in [0.2, 0.25) is 0 Å². The summed E-state index contributed by atoms with van der Waals surface area (Å²) >= 11 is 3.42. The van der Waals surface area contributed by atoms with Crippen molar-refractivity contribution in [3.8, 4) is 5.75 Å². The maximum Gasteiger partial charge on any atom is 0.120 e. The Morgan fingerprint density at radius 1 is 1.39 bits per heavy atom. The molecule has 1 aromatic rings. The van der Waals surface area contributed by atoms with E-state index in [-0.39, 0.29) is 0 Å². The maximum atomic E-state index is 5.85. The van der Waals surface area contributed by atoms with Crippen molar-refractivity contribution < 1.29 is 9.47 Å². The predicted octanol–water partition coefficient (Wildman–Crippen LogP) is 2.84. The lowest BCUT2D eigenvalue weighted by molar-refractivity contribution is -0.00836. The van der Waals surface area contributed by atoms with Crippen molar-refractivity contribution in [2.24, 2.45) is 5.92 Å². The van der Waals surface area contributed by atoms with Gasteiger partial charge in [0.15, 0.2) is 0 Å². The lowest BCUT2D eigenvalue weighted by Crippen LogP contribution is -2.41. The molecule has 0 radical (unpaired) electrons. The van der Waals surface area contributed by atoms with Crippen molar-refractivity contribution in [3.63, 3.8) is 0 Å². The number of hydrogen-bond acceptors (Lipinski definition) is 3. The zero-order chi connectivity index (χ0) is 12.8. The first-order valence-electron chi connectivity index (χ1n) is 6.46. The van der Waals surface area contributed by atoms with E-state index in [0.29, 0.717) is 25.2 Å². The first-order chi connectivity index (χ1) is 8.75. The highest BCUT2D eigenvalue weighted by molar-refractivity contribution is 9.10. The first kappa shape index (κ1) is 13.8. The van der Waals surface area contributed by atoms with E-state index in [2.05, 4.69) is 28.2 Å². The Kier molecular flexibility index (Phi) is 5.47. The van der Waals surface area contributed by atoms with E-state index in [0.717, 1.165) is 23.3 Å². The predicted molar refractivity (Wildman–Crippen MR) is 76.0 cm³/mol. The molecule has 0 saturated carbocycles. The number of rotatable bonds is 5. The number of benzene rings is 1. The average molecular weight is 314 g/mol. The maximum absolute atomic E-state index is 5.85. The van der Waals surface area contributed by atoms with E-state index in [1.54, 1.807) is 0 Å². The molecule has 0 aliphatic carbocycles. The van der Waals surface area contributed by atoms with Gasteiger partial charge in [-0.15, -0.1) is 0 Å². The quantitative estimate of drug-likeness (QED) is 0.848. The second-order valence-corrected chi connectivity index (χ2v) is 5.60. The molecule has 1 aromatic carbocycles. The highest BCUT2D eigenvalue weighted by Crippen LogP contribution is 2.18. The summed E-state index contributed by atoms with van der Waals surface area (Å²) in [5.41, 5.74) is 0. The standard InChI is InChI=1S/C14H20BrNO2/c1-11-5-6-16-10-14(11)18-8-7-17-13-4-2-3-12(15)9-13/h2-4,9,11,14,16H,5-8,10H2,1H3. The third kappa shape index (κ3) is 4.26. The van der Waals surface area contributed by atoms with Crippen LogP contribution in [0.1, 0.15) is 13.3 Å². The Bertz CT molecular complexity index is 373. The SMILES string of the molecule is CC1CCNCC1OCCOc1cccc(Br)c1. The smallest absolute Gasteiger partial charge is 0.120 e. The average Bonchev–Trinajstić information content (AvgIpc) is 2.37. The highest BCUT2D eigenvalue weighted by Gasteiger charge is 2.21. The van der Waals surface area contributed by atoms with Crippen LogP contribution in [0, 0.1) is 5.92 Å². The Balaban J connectivity index is 1.66. The summed E-state index contributed by atoms with van der Waals surface area (Å²) < 4.78 is 12.5. The van der Waals surface area contributed by atoms with Crippen molar-refractivity contribution in [1.82, 2.24) is 5.32 Å². The Morgan fingerprint density at radius 3 is 3.06 bits per heavy atom. The number of nitrogens with one attached hydrogen (secondary N) is 1. The summed E-state index contributed by atoms with van der Waals surface area (Å²) in [6, 6.07) is 7.87. The largest absolute Gasteiger partial charge is 0.491 e. The minimum absolute atomic E-state index is 0.324. The lowest BCUT2D eigenvalue weighted by Gasteiger charge is -2.29. The molecule has 3 nitrogen and oxygen atoms in total. The summed E-state index contributed by atoms with van der Waals surface area (Å²) in [6.45, 7) is 5.55. The fourth-order valence-corrected chi connectivity index (χ4v) is 2.48. The molecule has 2 atom stereocenters. The Hall–Kier alpha value is -0.580. The molecular weight excluding hydrogens is 294 g/mol. The van der Waals surface area contributed by atoms with Gasteiger partial charge >= 0.3 is 0 Å². The molecule has 0 spiro atoms. The lowest BCUT2D eigenvalue weighted by atomic mass is 9.97. The van der Waals surface area contributed by atoms with Crippen LogP contribution >= 0.6 is 15.9 Å². The molecule has 100 valence electrons. The van der Waals surface area contributed by atoms with Gasteiger partial charge in [0, 0.05) is 11.0 Å². The van der Waals surface area contributed by atoms with Gasteiger partial charge in [0.25, 0.3) is 0 Å². The van der Waals surface area contributed by atoms with Crippen molar-refractivity contribution in [2.75, 3.05) is 26.3 Å². The van der Waals surface area contributed by atoms with Gasteiger partial charge in [-0.1, -0.05) is 28.9 Å². The van der Waals surface area contributed by atoms with Crippen molar-refractivity contribution >= 4 is 15.9 Å². The molecule has 2 unspecified atom stereocenters. The molecule has 1 fully saturated rings. The van der Waals surface area contributed by atoms with E-state index in [4.69, 9.17) is 9.47 Å². The molecule has 0 amide bonds. The number of ether oxygens (including phenoxy) is 2. The molecule has 1 aliphatic rings. The van der Waals surface area contributed by atoms with Crippen LogP contribution in [0.25, 0.3) is 0 Å². The molecule has 1 aliphatic heterocycles. The van der Waals surface area contributed by atoms with Gasteiger partial charge in [-0.05, 0) is 37.1 Å². The third-order valence-corrected chi connectivity index (χ3v) is 3.73. The van der Waals surface area contributed by atoms with Gasteiger partial charge in [0.05, 0.1) is 12.7 Å². The molecule has 0 aromatic heterocycles.